The van der Waals surface area contributed by atoms with E-state index in [2.05, 4.69) is 14.7 Å². The number of aromatic hydroxyl groups is 1. The molecule has 0 aliphatic rings. The summed E-state index contributed by atoms with van der Waals surface area (Å²) in [6, 6.07) is 4.10. The average molecular weight is 364 g/mol. The molecule has 0 bridgehead atoms. The van der Waals surface area contributed by atoms with E-state index in [4.69, 9.17) is 27.9 Å². The minimum atomic E-state index is -3.79. The van der Waals surface area contributed by atoms with E-state index in [-0.39, 0.29) is 27.5 Å². The average Bonchev–Trinajstić information content (AvgIpc) is 2.42. The maximum Gasteiger partial charge on any atom is 0.237 e. The van der Waals surface area contributed by atoms with Gasteiger partial charge in [-0.05, 0) is 23.8 Å². The number of pyridine rings is 2. The van der Waals surface area contributed by atoms with Gasteiger partial charge in [0.05, 0.1) is 12.9 Å². The molecule has 22 heavy (non-hydrogen) atoms. The van der Waals surface area contributed by atoms with Crippen LogP contribution in [0.15, 0.2) is 24.4 Å². The molecule has 118 valence electrons. The number of ether oxygens (including phenoxy) is 1. The van der Waals surface area contributed by atoms with Crippen LogP contribution in [0.25, 0.3) is 0 Å². The number of nitrogens with one attached hydrogen (secondary N) is 1. The second-order valence-electron chi connectivity index (χ2n) is 4.20. The van der Waals surface area contributed by atoms with E-state index in [9.17, 15) is 13.5 Å². The predicted octanol–water partition coefficient (Wildman–Crippen LogP) is 2.44. The molecule has 0 amide bonds. The van der Waals surface area contributed by atoms with Gasteiger partial charge in [0.15, 0.2) is 0 Å². The van der Waals surface area contributed by atoms with Crippen molar-refractivity contribution in [2.45, 2.75) is 5.75 Å². The third kappa shape index (κ3) is 4.12. The van der Waals surface area contributed by atoms with Gasteiger partial charge in [-0.2, -0.15) is 4.98 Å². The van der Waals surface area contributed by atoms with Gasteiger partial charge in [0.1, 0.15) is 15.9 Å². The Balaban J connectivity index is 2.19. The molecule has 0 saturated carbocycles. The lowest BCUT2D eigenvalue weighted by Crippen LogP contribution is -2.15. The second kappa shape index (κ2) is 6.55. The summed E-state index contributed by atoms with van der Waals surface area (Å²) in [5.74, 6) is -0.691. The first-order valence-electron chi connectivity index (χ1n) is 5.85. The molecule has 2 heterocycles. The fourth-order valence-corrected chi connectivity index (χ4v) is 3.19. The number of hydrogen-bond donors (Lipinski definition) is 2. The van der Waals surface area contributed by atoms with Crippen LogP contribution in [0, 0.1) is 0 Å². The number of hydrogen-bond acceptors (Lipinski definition) is 6. The summed E-state index contributed by atoms with van der Waals surface area (Å²) in [5, 5.41) is 9.81. The zero-order valence-electron chi connectivity index (χ0n) is 11.2. The van der Waals surface area contributed by atoms with E-state index < -0.39 is 15.9 Å². The maximum absolute atomic E-state index is 12.1. The zero-order valence-corrected chi connectivity index (χ0v) is 13.6. The van der Waals surface area contributed by atoms with Gasteiger partial charge >= 0.3 is 0 Å². The number of anilines is 1. The van der Waals surface area contributed by atoms with Gasteiger partial charge in [-0.25, -0.2) is 13.4 Å². The van der Waals surface area contributed by atoms with Crippen LogP contribution in [0.2, 0.25) is 10.2 Å². The van der Waals surface area contributed by atoms with E-state index in [1.807, 2.05) is 0 Å². The Morgan fingerprint density at radius 1 is 1.36 bits per heavy atom. The van der Waals surface area contributed by atoms with Gasteiger partial charge in [0.2, 0.25) is 21.8 Å². The molecule has 2 N–H and O–H groups in total. The minimum absolute atomic E-state index is 0.0478. The molecule has 0 aliphatic heterocycles. The summed E-state index contributed by atoms with van der Waals surface area (Å²) < 4.78 is 31.3. The highest BCUT2D eigenvalue weighted by Crippen LogP contribution is 2.26. The molecule has 0 fully saturated rings. The van der Waals surface area contributed by atoms with Crippen LogP contribution >= 0.6 is 23.2 Å². The molecule has 0 saturated heterocycles. The number of nitrogens with zero attached hydrogens (tertiary/aromatic N) is 2. The number of aromatic nitrogens is 2. The standard InChI is InChI=1S/C12H11Cl2N3O4S/c1-21-12-8(13)4-7(5-15-12)6-22(19,20)17-9-2-3-10(14)16-11(9)18/h2-5,17H,6H2,1H3,(H,16,18). The lowest BCUT2D eigenvalue weighted by Gasteiger charge is -2.10. The Labute approximate surface area is 136 Å². The number of methoxy groups -OCH3 is 1. The quantitative estimate of drug-likeness (QED) is 0.791. The largest absolute Gasteiger partial charge is 0.492 e. The van der Waals surface area contributed by atoms with Gasteiger partial charge in [0.25, 0.3) is 0 Å². The van der Waals surface area contributed by atoms with Crippen molar-refractivity contribution in [1.29, 1.82) is 0 Å². The first kappa shape index (κ1) is 16.6. The highest BCUT2D eigenvalue weighted by atomic mass is 35.5. The lowest BCUT2D eigenvalue weighted by molar-refractivity contribution is 0.398. The van der Waals surface area contributed by atoms with Gasteiger partial charge in [-0.1, -0.05) is 23.2 Å². The van der Waals surface area contributed by atoms with Crippen LogP contribution in [0.3, 0.4) is 0 Å². The monoisotopic (exact) mass is 363 g/mol. The molecule has 0 radical (unpaired) electrons. The highest BCUT2D eigenvalue weighted by molar-refractivity contribution is 7.91. The van der Waals surface area contributed by atoms with Crippen LogP contribution in [-0.4, -0.2) is 30.6 Å². The number of rotatable bonds is 5. The predicted molar refractivity (Wildman–Crippen MR) is 83.0 cm³/mol. The summed E-state index contributed by atoms with van der Waals surface area (Å²) in [7, 11) is -2.39. The topological polar surface area (TPSA) is 101 Å². The molecule has 7 nitrogen and oxygen atoms in total. The van der Waals surface area contributed by atoms with Crippen molar-refractivity contribution in [1.82, 2.24) is 9.97 Å². The SMILES string of the molecule is COc1ncc(CS(=O)(=O)Nc2ccc(Cl)nc2O)cc1Cl. The number of sulfonamides is 1. The fourth-order valence-electron chi connectivity index (χ4n) is 1.62. The molecule has 2 aromatic rings. The first-order valence-corrected chi connectivity index (χ1v) is 8.26. The number of halogens is 2. The normalized spacial score (nSPS) is 11.2. The smallest absolute Gasteiger partial charge is 0.237 e. The molecule has 2 rings (SSSR count). The first-order chi connectivity index (χ1) is 10.3. The third-order valence-corrected chi connectivity index (χ3v) is 4.25. The maximum atomic E-state index is 12.1. The summed E-state index contributed by atoms with van der Waals surface area (Å²) in [4.78, 5) is 7.44. The minimum Gasteiger partial charge on any atom is -0.492 e. The van der Waals surface area contributed by atoms with Crippen molar-refractivity contribution in [2.24, 2.45) is 0 Å². The van der Waals surface area contributed by atoms with Gasteiger partial charge < -0.3 is 9.84 Å². The van der Waals surface area contributed by atoms with Gasteiger partial charge in [0, 0.05) is 6.20 Å². The van der Waals surface area contributed by atoms with Crippen LogP contribution in [0.4, 0.5) is 5.69 Å². The van der Waals surface area contributed by atoms with E-state index in [1.165, 1.54) is 31.5 Å². The van der Waals surface area contributed by atoms with Crippen molar-refractivity contribution >= 4 is 38.9 Å². The second-order valence-corrected chi connectivity index (χ2v) is 6.72. The van der Waals surface area contributed by atoms with E-state index in [1.54, 1.807) is 0 Å². The van der Waals surface area contributed by atoms with E-state index in [0.29, 0.717) is 5.56 Å². The Kier molecular flexibility index (Phi) is 4.94. The lowest BCUT2D eigenvalue weighted by atomic mass is 10.3. The summed E-state index contributed by atoms with van der Waals surface area (Å²) in [5.41, 5.74) is 0.289. The van der Waals surface area contributed by atoms with Crippen molar-refractivity contribution < 1.29 is 18.3 Å². The molecule has 10 heteroatoms. The van der Waals surface area contributed by atoms with E-state index in [0.717, 1.165) is 0 Å². The van der Waals surface area contributed by atoms with Crippen molar-refractivity contribution in [3.8, 4) is 11.8 Å². The van der Waals surface area contributed by atoms with Crippen molar-refractivity contribution in [3.05, 3.63) is 40.1 Å². The summed E-state index contributed by atoms with van der Waals surface area (Å²) in [6.07, 6.45) is 1.34. The summed E-state index contributed by atoms with van der Waals surface area (Å²) >= 11 is 11.5. The molecular formula is C12H11Cl2N3O4S. The summed E-state index contributed by atoms with van der Waals surface area (Å²) in [6.45, 7) is 0. The van der Waals surface area contributed by atoms with Crippen molar-refractivity contribution in [2.75, 3.05) is 11.8 Å². The Morgan fingerprint density at radius 2 is 2.09 bits per heavy atom. The Bertz CT molecular complexity index is 799. The molecule has 0 atom stereocenters. The fraction of sp³-hybridized carbons (Fsp3) is 0.167. The van der Waals surface area contributed by atoms with Gasteiger partial charge in [-0.15, -0.1) is 0 Å². The zero-order chi connectivity index (χ0) is 16.3. The molecule has 0 aliphatic carbocycles. The molecular weight excluding hydrogens is 353 g/mol. The Hall–Kier alpha value is -1.77. The molecule has 2 aromatic heterocycles. The molecule has 0 aromatic carbocycles. The van der Waals surface area contributed by atoms with Crippen molar-refractivity contribution in [3.63, 3.8) is 0 Å². The molecule has 0 spiro atoms. The van der Waals surface area contributed by atoms with Crippen LogP contribution in [0.1, 0.15) is 5.56 Å². The molecule has 0 unspecified atom stereocenters. The third-order valence-electron chi connectivity index (χ3n) is 2.52. The van der Waals surface area contributed by atoms with Crippen LogP contribution < -0.4 is 9.46 Å². The Morgan fingerprint density at radius 3 is 2.68 bits per heavy atom. The van der Waals surface area contributed by atoms with Crippen LogP contribution in [-0.2, 0) is 15.8 Å². The highest BCUT2D eigenvalue weighted by Gasteiger charge is 2.16. The van der Waals surface area contributed by atoms with E-state index >= 15 is 0 Å². The van der Waals surface area contributed by atoms with Crippen LogP contribution in [0.5, 0.6) is 11.8 Å². The van der Waals surface area contributed by atoms with Gasteiger partial charge in [-0.3, -0.25) is 4.72 Å².